The zero-order chi connectivity index (χ0) is 14.4. The Balaban J connectivity index is 1.90. The molecule has 0 aromatic heterocycles. The van der Waals surface area contributed by atoms with Crippen molar-refractivity contribution in [2.75, 3.05) is 24.2 Å². The molecule has 0 saturated carbocycles. The van der Waals surface area contributed by atoms with Gasteiger partial charge in [-0.05, 0) is 36.3 Å². The molecule has 110 valence electrons. The zero-order valence-electron chi connectivity index (χ0n) is 11.8. The summed E-state index contributed by atoms with van der Waals surface area (Å²) in [4.78, 5) is 13.9. The number of likely N-dealkylation sites (tertiary alicyclic amines) is 1. The van der Waals surface area contributed by atoms with Gasteiger partial charge in [-0.3, -0.25) is 0 Å². The molecule has 0 aliphatic carbocycles. The van der Waals surface area contributed by atoms with Gasteiger partial charge in [0.15, 0.2) is 0 Å². The summed E-state index contributed by atoms with van der Waals surface area (Å²) in [6.07, 6.45) is 1.85. The summed E-state index contributed by atoms with van der Waals surface area (Å²) < 4.78 is 0. The standard InChI is InChI=1S/C15H22N2O2S/c1-2-20-11-12-5-7-13(8-6-12)16-15(19)17-9-3-4-14(17)10-18/h5-8,14,18H,2-4,9-11H2,1H3,(H,16,19)/t14-/m0/s1. The van der Waals surface area contributed by atoms with Crippen LogP contribution in [0.15, 0.2) is 24.3 Å². The van der Waals surface area contributed by atoms with Crippen molar-refractivity contribution in [3.8, 4) is 0 Å². The minimum atomic E-state index is -0.114. The van der Waals surface area contributed by atoms with Crippen LogP contribution in [0.5, 0.6) is 0 Å². The third kappa shape index (κ3) is 3.90. The van der Waals surface area contributed by atoms with Crippen LogP contribution in [0.4, 0.5) is 10.5 Å². The van der Waals surface area contributed by atoms with Gasteiger partial charge in [0.1, 0.15) is 0 Å². The Bertz CT molecular complexity index is 436. The molecule has 1 heterocycles. The van der Waals surface area contributed by atoms with Gasteiger partial charge in [0.25, 0.3) is 0 Å². The van der Waals surface area contributed by atoms with Gasteiger partial charge in [-0.25, -0.2) is 4.79 Å². The fourth-order valence-corrected chi connectivity index (χ4v) is 3.02. The van der Waals surface area contributed by atoms with Gasteiger partial charge >= 0.3 is 6.03 Å². The molecular weight excluding hydrogens is 272 g/mol. The average Bonchev–Trinajstić information content (AvgIpc) is 2.95. The van der Waals surface area contributed by atoms with Crippen LogP contribution in [-0.2, 0) is 5.75 Å². The molecule has 1 aliphatic heterocycles. The smallest absolute Gasteiger partial charge is 0.322 e. The Morgan fingerprint density at radius 3 is 2.85 bits per heavy atom. The molecule has 1 fully saturated rings. The summed E-state index contributed by atoms with van der Waals surface area (Å²) in [5.74, 6) is 2.11. The molecule has 2 amide bonds. The summed E-state index contributed by atoms with van der Waals surface area (Å²) >= 11 is 1.88. The summed E-state index contributed by atoms with van der Waals surface area (Å²) in [6, 6.07) is 7.82. The summed E-state index contributed by atoms with van der Waals surface area (Å²) in [5.41, 5.74) is 2.08. The Morgan fingerprint density at radius 1 is 1.45 bits per heavy atom. The second-order valence-electron chi connectivity index (χ2n) is 4.94. The van der Waals surface area contributed by atoms with Crippen LogP contribution in [0, 0.1) is 0 Å². The van der Waals surface area contributed by atoms with Crippen molar-refractivity contribution >= 4 is 23.5 Å². The zero-order valence-corrected chi connectivity index (χ0v) is 12.7. The number of hydrogen-bond donors (Lipinski definition) is 2. The van der Waals surface area contributed by atoms with Crippen molar-refractivity contribution in [3.05, 3.63) is 29.8 Å². The van der Waals surface area contributed by atoms with Crippen molar-refractivity contribution in [1.29, 1.82) is 0 Å². The second-order valence-corrected chi connectivity index (χ2v) is 6.21. The molecule has 0 radical (unpaired) electrons. The molecule has 2 N–H and O–H groups in total. The molecular formula is C15H22N2O2S. The van der Waals surface area contributed by atoms with Crippen LogP contribution in [-0.4, -0.2) is 41.0 Å². The van der Waals surface area contributed by atoms with Crippen LogP contribution in [0.2, 0.25) is 0 Å². The van der Waals surface area contributed by atoms with Gasteiger partial charge in [0, 0.05) is 18.0 Å². The number of rotatable bonds is 5. The molecule has 1 saturated heterocycles. The molecule has 0 unspecified atom stereocenters. The number of aliphatic hydroxyl groups is 1. The number of anilines is 1. The van der Waals surface area contributed by atoms with E-state index in [1.54, 1.807) is 4.90 Å². The SMILES string of the molecule is CCSCc1ccc(NC(=O)N2CCC[C@H]2CO)cc1. The number of carbonyl (C=O) groups excluding carboxylic acids is 1. The van der Waals surface area contributed by atoms with Crippen molar-refractivity contribution in [2.24, 2.45) is 0 Å². The Morgan fingerprint density at radius 2 is 2.20 bits per heavy atom. The predicted molar refractivity (Wildman–Crippen MR) is 84.1 cm³/mol. The first-order chi connectivity index (χ1) is 9.74. The molecule has 1 aromatic rings. The van der Waals surface area contributed by atoms with Crippen molar-refractivity contribution in [1.82, 2.24) is 4.90 Å². The number of hydrogen-bond acceptors (Lipinski definition) is 3. The van der Waals surface area contributed by atoms with Gasteiger partial charge < -0.3 is 15.3 Å². The number of thioether (sulfide) groups is 1. The highest BCUT2D eigenvalue weighted by molar-refractivity contribution is 7.98. The van der Waals surface area contributed by atoms with E-state index < -0.39 is 0 Å². The van der Waals surface area contributed by atoms with E-state index >= 15 is 0 Å². The molecule has 20 heavy (non-hydrogen) atoms. The van der Waals surface area contributed by atoms with Gasteiger partial charge in [-0.1, -0.05) is 19.1 Å². The van der Waals surface area contributed by atoms with Gasteiger partial charge in [0.2, 0.25) is 0 Å². The summed E-state index contributed by atoms with van der Waals surface area (Å²) in [6.45, 7) is 2.91. The lowest BCUT2D eigenvalue weighted by molar-refractivity contribution is 0.166. The number of nitrogens with one attached hydrogen (secondary N) is 1. The van der Waals surface area contributed by atoms with E-state index in [0.717, 1.165) is 36.6 Å². The average molecular weight is 294 g/mol. The maximum atomic E-state index is 12.1. The molecule has 1 aromatic carbocycles. The topological polar surface area (TPSA) is 52.6 Å². The van der Waals surface area contributed by atoms with Gasteiger partial charge in [-0.2, -0.15) is 11.8 Å². The second kappa shape index (κ2) is 7.55. The highest BCUT2D eigenvalue weighted by Crippen LogP contribution is 2.19. The summed E-state index contributed by atoms with van der Waals surface area (Å²) in [5, 5.41) is 12.1. The molecule has 2 rings (SSSR count). The lowest BCUT2D eigenvalue weighted by atomic mass is 10.2. The number of carbonyl (C=O) groups is 1. The Hall–Kier alpha value is -1.20. The first-order valence-corrected chi connectivity index (χ1v) is 8.25. The van der Waals surface area contributed by atoms with Crippen LogP contribution in [0.1, 0.15) is 25.3 Å². The van der Waals surface area contributed by atoms with Crippen molar-refractivity contribution < 1.29 is 9.90 Å². The van der Waals surface area contributed by atoms with E-state index in [2.05, 4.69) is 12.2 Å². The predicted octanol–water partition coefficient (Wildman–Crippen LogP) is 2.93. The minimum absolute atomic E-state index is 0.0322. The highest BCUT2D eigenvalue weighted by Gasteiger charge is 2.27. The molecule has 1 aliphatic rings. The monoisotopic (exact) mass is 294 g/mol. The van der Waals surface area contributed by atoms with Gasteiger partial charge in [-0.15, -0.1) is 0 Å². The van der Waals surface area contributed by atoms with E-state index in [9.17, 15) is 9.90 Å². The van der Waals surface area contributed by atoms with Crippen molar-refractivity contribution in [3.63, 3.8) is 0 Å². The summed E-state index contributed by atoms with van der Waals surface area (Å²) in [7, 11) is 0. The maximum Gasteiger partial charge on any atom is 0.322 e. The quantitative estimate of drug-likeness (QED) is 0.878. The number of amides is 2. The van der Waals surface area contributed by atoms with E-state index in [1.165, 1.54) is 5.56 Å². The normalized spacial score (nSPS) is 18.3. The van der Waals surface area contributed by atoms with Crippen LogP contribution >= 0.6 is 11.8 Å². The van der Waals surface area contributed by atoms with Crippen LogP contribution in [0.25, 0.3) is 0 Å². The highest BCUT2D eigenvalue weighted by atomic mass is 32.2. The molecule has 5 heteroatoms. The molecule has 0 spiro atoms. The van der Waals surface area contributed by atoms with Crippen molar-refractivity contribution in [2.45, 2.75) is 31.6 Å². The maximum absolute atomic E-state index is 12.1. The van der Waals surface area contributed by atoms with E-state index in [-0.39, 0.29) is 18.7 Å². The lowest BCUT2D eigenvalue weighted by Crippen LogP contribution is -2.40. The molecule has 4 nitrogen and oxygen atoms in total. The van der Waals surface area contributed by atoms with Gasteiger partial charge in [0.05, 0.1) is 12.6 Å². The van der Waals surface area contributed by atoms with Crippen LogP contribution < -0.4 is 5.32 Å². The molecule has 0 bridgehead atoms. The number of aliphatic hydroxyl groups excluding tert-OH is 1. The lowest BCUT2D eigenvalue weighted by Gasteiger charge is -2.23. The number of benzene rings is 1. The Labute approximate surface area is 124 Å². The van der Waals surface area contributed by atoms with E-state index in [0.29, 0.717) is 0 Å². The van der Waals surface area contributed by atoms with Crippen LogP contribution in [0.3, 0.4) is 0 Å². The first-order valence-electron chi connectivity index (χ1n) is 7.09. The number of urea groups is 1. The van der Waals surface area contributed by atoms with E-state index in [4.69, 9.17) is 0 Å². The first kappa shape index (κ1) is 15.2. The largest absolute Gasteiger partial charge is 0.394 e. The Kier molecular flexibility index (Phi) is 5.73. The molecule has 1 atom stereocenters. The third-order valence-electron chi connectivity index (χ3n) is 3.53. The third-order valence-corrected chi connectivity index (χ3v) is 4.47. The minimum Gasteiger partial charge on any atom is -0.394 e. The van der Waals surface area contributed by atoms with E-state index in [1.807, 2.05) is 36.0 Å². The fraction of sp³-hybridized carbons (Fsp3) is 0.533. The number of nitrogens with zero attached hydrogens (tertiary/aromatic N) is 1. The fourth-order valence-electron chi connectivity index (χ4n) is 2.39.